The number of rotatable bonds is 5. The van der Waals surface area contributed by atoms with E-state index in [1.54, 1.807) is 42.8 Å². The molecule has 1 amide bonds. The lowest BCUT2D eigenvalue weighted by atomic mass is 10.1. The molecule has 0 radical (unpaired) electrons. The summed E-state index contributed by atoms with van der Waals surface area (Å²) in [5.74, 6) is 0.248. The van der Waals surface area contributed by atoms with Gasteiger partial charge >= 0.3 is 5.97 Å². The molecule has 2 aromatic carbocycles. The van der Waals surface area contributed by atoms with Gasteiger partial charge in [-0.3, -0.25) is 9.69 Å². The van der Waals surface area contributed by atoms with Gasteiger partial charge in [0, 0.05) is 17.9 Å². The number of aryl methyl sites for hydroxylation is 1. The summed E-state index contributed by atoms with van der Waals surface area (Å²) in [5.41, 5.74) is 3.07. The van der Waals surface area contributed by atoms with E-state index in [1.165, 1.54) is 23.2 Å². The van der Waals surface area contributed by atoms with Crippen molar-refractivity contribution in [2.45, 2.75) is 13.8 Å². The molecule has 0 unspecified atom stereocenters. The Morgan fingerprint density at radius 1 is 1.16 bits per heavy atom. The number of methoxy groups -OCH3 is 1. The number of amides is 1. The van der Waals surface area contributed by atoms with Gasteiger partial charge in [0.05, 0.1) is 18.5 Å². The highest BCUT2D eigenvalue weighted by Gasteiger charge is 2.26. The SMILES string of the molecule is COc1ccc(N(C(C)=O)c2nc(/C=C3/N=C(c4ccccc4C)OC3=O)cs2)cc1. The predicted molar refractivity (Wildman–Crippen MR) is 120 cm³/mol. The summed E-state index contributed by atoms with van der Waals surface area (Å²) in [5, 5.41) is 2.25. The van der Waals surface area contributed by atoms with Crippen LogP contribution in [0.2, 0.25) is 0 Å². The lowest BCUT2D eigenvalue weighted by Gasteiger charge is -2.18. The van der Waals surface area contributed by atoms with Gasteiger partial charge in [-0.2, -0.15) is 0 Å². The van der Waals surface area contributed by atoms with E-state index in [1.807, 2.05) is 31.2 Å². The van der Waals surface area contributed by atoms with Crippen LogP contribution in [0.1, 0.15) is 23.7 Å². The molecule has 4 rings (SSSR count). The topological polar surface area (TPSA) is 81.1 Å². The second kappa shape index (κ2) is 8.53. The minimum atomic E-state index is -0.536. The first-order chi connectivity index (χ1) is 15.0. The minimum Gasteiger partial charge on any atom is -0.497 e. The monoisotopic (exact) mass is 433 g/mol. The summed E-state index contributed by atoms with van der Waals surface area (Å²) in [6.07, 6.45) is 1.56. The van der Waals surface area contributed by atoms with Crippen molar-refractivity contribution in [3.05, 3.63) is 76.4 Å². The molecule has 2 heterocycles. The third kappa shape index (κ3) is 4.24. The molecule has 0 N–H and O–H groups in total. The van der Waals surface area contributed by atoms with Crippen molar-refractivity contribution in [1.29, 1.82) is 0 Å². The molecular weight excluding hydrogens is 414 g/mol. The number of aliphatic imine (C=N–C) groups is 1. The molecule has 1 aromatic heterocycles. The van der Waals surface area contributed by atoms with Crippen molar-refractivity contribution in [3.63, 3.8) is 0 Å². The van der Waals surface area contributed by atoms with Crippen molar-refractivity contribution < 1.29 is 19.1 Å². The van der Waals surface area contributed by atoms with Gasteiger partial charge < -0.3 is 9.47 Å². The molecule has 0 bridgehead atoms. The molecule has 156 valence electrons. The van der Waals surface area contributed by atoms with Crippen LogP contribution in [0.3, 0.4) is 0 Å². The molecule has 0 saturated carbocycles. The Morgan fingerprint density at radius 2 is 1.90 bits per heavy atom. The number of aromatic nitrogens is 1. The standard InChI is InChI=1S/C23H19N3O4S/c1-14-6-4-5-7-19(14)21-25-20(22(28)30-21)12-16-13-31-23(24-16)26(15(2)27)17-8-10-18(29-3)11-9-17/h4-13H,1-3H3/b20-12+. The van der Waals surface area contributed by atoms with E-state index in [4.69, 9.17) is 9.47 Å². The van der Waals surface area contributed by atoms with E-state index >= 15 is 0 Å². The summed E-state index contributed by atoms with van der Waals surface area (Å²) >= 11 is 1.29. The van der Waals surface area contributed by atoms with E-state index in [0.29, 0.717) is 22.3 Å². The average Bonchev–Trinajstić information content (AvgIpc) is 3.36. The first-order valence-corrected chi connectivity index (χ1v) is 10.3. The van der Waals surface area contributed by atoms with Crippen LogP contribution >= 0.6 is 11.3 Å². The van der Waals surface area contributed by atoms with Gasteiger partial charge in [0.25, 0.3) is 0 Å². The molecule has 1 aliphatic rings. The fourth-order valence-corrected chi connectivity index (χ4v) is 3.93. The Hall–Kier alpha value is -3.78. The van der Waals surface area contributed by atoms with Crippen molar-refractivity contribution in [1.82, 2.24) is 4.98 Å². The highest BCUT2D eigenvalue weighted by Crippen LogP contribution is 2.31. The van der Waals surface area contributed by atoms with Crippen LogP contribution in [0.5, 0.6) is 5.75 Å². The van der Waals surface area contributed by atoms with Crippen LogP contribution in [-0.2, 0) is 14.3 Å². The normalized spacial score (nSPS) is 14.4. The number of hydrogen-bond donors (Lipinski definition) is 0. The quantitative estimate of drug-likeness (QED) is 0.437. The van der Waals surface area contributed by atoms with E-state index < -0.39 is 5.97 Å². The number of esters is 1. The molecule has 1 aliphatic heterocycles. The van der Waals surface area contributed by atoms with Crippen molar-refractivity contribution in [2.75, 3.05) is 12.0 Å². The Balaban J connectivity index is 1.63. The molecular formula is C23H19N3O4S. The zero-order chi connectivity index (χ0) is 22.0. The smallest absolute Gasteiger partial charge is 0.363 e. The zero-order valence-corrected chi connectivity index (χ0v) is 18.0. The van der Waals surface area contributed by atoms with Gasteiger partial charge in [0.2, 0.25) is 11.8 Å². The number of carbonyl (C=O) groups is 2. The van der Waals surface area contributed by atoms with E-state index in [0.717, 1.165) is 11.1 Å². The maximum absolute atomic E-state index is 12.3. The van der Waals surface area contributed by atoms with Crippen LogP contribution in [0.25, 0.3) is 6.08 Å². The van der Waals surface area contributed by atoms with Gasteiger partial charge in [0.1, 0.15) is 5.75 Å². The zero-order valence-electron chi connectivity index (χ0n) is 17.2. The van der Waals surface area contributed by atoms with Gasteiger partial charge in [-0.05, 0) is 48.9 Å². The minimum absolute atomic E-state index is 0.161. The number of thiazole rings is 1. The Morgan fingerprint density at radius 3 is 2.58 bits per heavy atom. The second-order valence-corrected chi connectivity index (χ2v) is 7.59. The average molecular weight is 433 g/mol. The number of carbonyl (C=O) groups excluding carboxylic acids is 2. The highest BCUT2D eigenvalue weighted by atomic mass is 32.1. The molecule has 0 atom stereocenters. The fraction of sp³-hybridized carbons (Fsp3) is 0.130. The van der Waals surface area contributed by atoms with Gasteiger partial charge in [-0.1, -0.05) is 18.2 Å². The fourth-order valence-electron chi connectivity index (χ4n) is 3.08. The molecule has 0 spiro atoms. The summed E-state index contributed by atoms with van der Waals surface area (Å²) in [6.45, 7) is 3.40. The van der Waals surface area contributed by atoms with E-state index in [9.17, 15) is 9.59 Å². The largest absolute Gasteiger partial charge is 0.497 e. The Labute approximate surface area is 183 Å². The van der Waals surface area contributed by atoms with Crippen molar-refractivity contribution in [3.8, 4) is 5.75 Å². The number of cyclic esters (lactones) is 1. The second-order valence-electron chi connectivity index (χ2n) is 6.76. The highest BCUT2D eigenvalue weighted by molar-refractivity contribution is 7.14. The van der Waals surface area contributed by atoms with Crippen molar-refractivity contribution >= 4 is 46.0 Å². The molecule has 3 aromatic rings. The van der Waals surface area contributed by atoms with Gasteiger partial charge in [-0.25, -0.2) is 14.8 Å². The molecule has 0 saturated heterocycles. The van der Waals surface area contributed by atoms with Crippen LogP contribution in [0, 0.1) is 6.92 Å². The number of hydrogen-bond acceptors (Lipinski definition) is 7. The molecule has 0 fully saturated rings. The molecule has 7 nitrogen and oxygen atoms in total. The molecule has 8 heteroatoms. The van der Waals surface area contributed by atoms with Crippen LogP contribution < -0.4 is 9.64 Å². The third-order valence-electron chi connectivity index (χ3n) is 4.63. The van der Waals surface area contributed by atoms with Crippen LogP contribution in [0.15, 0.2) is 64.6 Å². The number of nitrogens with zero attached hydrogens (tertiary/aromatic N) is 3. The lowest BCUT2D eigenvalue weighted by molar-refractivity contribution is -0.130. The predicted octanol–water partition coefficient (Wildman–Crippen LogP) is 4.49. The van der Waals surface area contributed by atoms with Gasteiger partial charge in [0.15, 0.2) is 10.8 Å². The first kappa shape index (κ1) is 20.5. The number of benzene rings is 2. The van der Waals surface area contributed by atoms with E-state index in [-0.39, 0.29) is 17.5 Å². The summed E-state index contributed by atoms with van der Waals surface area (Å²) < 4.78 is 10.5. The third-order valence-corrected chi connectivity index (χ3v) is 5.47. The van der Waals surface area contributed by atoms with Crippen LogP contribution in [-0.4, -0.2) is 29.9 Å². The number of anilines is 2. The van der Waals surface area contributed by atoms with Crippen LogP contribution in [0.4, 0.5) is 10.8 Å². The van der Waals surface area contributed by atoms with Gasteiger partial charge in [-0.15, -0.1) is 11.3 Å². The summed E-state index contributed by atoms with van der Waals surface area (Å²) in [4.78, 5) is 34.9. The maximum Gasteiger partial charge on any atom is 0.363 e. The molecule has 0 aliphatic carbocycles. The first-order valence-electron chi connectivity index (χ1n) is 9.45. The maximum atomic E-state index is 12.3. The van der Waals surface area contributed by atoms with Crippen molar-refractivity contribution in [2.24, 2.45) is 4.99 Å². The summed E-state index contributed by atoms with van der Waals surface area (Å²) in [7, 11) is 1.58. The molecule has 31 heavy (non-hydrogen) atoms. The Kier molecular flexibility index (Phi) is 5.64. The van der Waals surface area contributed by atoms with E-state index in [2.05, 4.69) is 9.98 Å². The lowest BCUT2D eigenvalue weighted by Crippen LogP contribution is -2.22. The Bertz CT molecular complexity index is 1210. The summed E-state index contributed by atoms with van der Waals surface area (Å²) in [6, 6.07) is 14.7. The number of ether oxygens (including phenoxy) is 2.